The number of rotatable bonds is 5. The lowest BCUT2D eigenvalue weighted by Crippen LogP contribution is -2.37. The maximum Gasteiger partial charge on any atom is 0.161 e. The normalized spacial score (nSPS) is 13.5. The first-order chi connectivity index (χ1) is 15.1. The highest BCUT2D eigenvalue weighted by molar-refractivity contribution is 7.97. The molecule has 8 heteroatoms. The van der Waals surface area contributed by atoms with Gasteiger partial charge in [0.1, 0.15) is 11.6 Å². The van der Waals surface area contributed by atoms with E-state index in [1.165, 1.54) is 12.1 Å². The predicted octanol–water partition coefficient (Wildman–Crippen LogP) is 4.68. The number of benzene rings is 2. The van der Waals surface area contributed by atoms with Crippen molar-refractivity contribution in [3.8, 4) is 11.4 Å². The van der Waals surface area contributed by atoms with Gasteiger partial charge in [0.05, 0.1) is 18.9 Å². The lowest BCUT2D eigenvalue weighted by molar-refractivity contribution is 0.122. The predicted molar refractivity (Wildman–Crippen MR) is 131 cm³/mol. The molecule has 1 aromatic heterocycles. The van der Waals surface area contributed by atoms with Crippen molar-refractivity contribution >= 4 is 35.9 Å². The Morgan fingerprint density at radius 2 is 1.74 bits per heavy atom. The SMILES string of the molecule is CSCc1cc(N2CCOCC2)nc(-c2ccc(N)cc2)n1.Fc1ccc(CS)cc1. The molecule has 2 aromatic carbocycles. The molecule has 2 N–H and O–H groups in total. The molecule has 0 atom stereocenters. The molecule has 0 aliphatic carbocycles. The fourth-order valence-corrected chi connectivity index (χ4v) is 3.66. The number of morpholine rings is 1. The van der Waals surface area contributed by atoms with Crippen molar-refractivity contribution in [2.45, 2.75) is 11.5 Å². The molecule has 0 saturated carbocycles. The van der Waals surface area contributed by atoms with Gasteiger partial charge in [-0.1, -0.05) is 12.1 Å². The van der Waals surface area contributed by atoms with Crippen LogP contribution in [-0.2, 0) is 16.2 Å². The van der Waals surface area contributed by atoms with Crippen LogP contribution in [0.2, 0.25) is 0 Å². The number of nitrogens with two attached hydrogens (primary N) is 1. The van der Waals surface area contributed by atoms with E-state index in [0.717, 1.165) is 66.2 Å². The first-order valence-corrected chi connectivity index (χ1v) is 12.0. The van der Waals surface area contributed by atoms with Gasteiger partial charge in [-0.2, -0.15) is 24.4 Å². The third kappa shape index (κ3) is 7.12. The Morgan fingerprint density at radius 3 is 2.35 bits per heavy atom. The van der Waals surface area contributed by atoms with Gasteiger partial charge in [0.2, 0.25) is 0 Å². The second-order valence-electron chi connectivity index (χ2n) is 6.98. The molecule has 0 bridgehead atoms. The Bertz CT molecular complexity index is 949. The monoisotopic (exact) mass is 458 g/mol. The zero-order chi connectivity index (χ0) is 22.1. The van der Waals surface area contributed by atoms with Crippen LogP contribution in [-0.4, -0.2) is 42.5 Å². The molecule has 0 unspecified atom stereocenters. The van der Waals surface area contributed by atoms with E-state index in [9.17, 15) is 4.39 Å². The van der Waals surface area contributed by atoms with Crippen molar-refractivity contribution in [3.63, 3.8) is 0 Å². The van der Waals surface area contributed by atoms with Crippen LogP contribution in [0.15, 0.2) is 54.6 Å². The molecule has 3 aromatic rings. The van der Waals surface area contributed by atoms with E-state index >= 15 is 0 Å². The Morgan fingerprint density at radius 1 is 1.06 bits per heavy atom. The number of nitrogen functional groups attached to an aromatic ring is 1. The second kappa shape index (κ2) is 11.9. The lowest BCUT2D eigenvalue weighted by Gasteiger charge is -2.28. The van der Waals surface area contributed by atoms with Crippen LogP contribution < -0.4 is 10.6 Å². The minimum Gasteiger partial charge on any atom is -0.399 e. The Balaban J connectivity index is 0.000000254. The number of halogens is 1. The van der Waals surface area contributed by atoms with Crippen LogP contribution in [0.25, 0.3) is 11.4 Å². The summed E-state index contributed by atoms with van der Waals surface area (Å²) in [5.74, 6) is 3.09. The molecule has 0 radical (unpaired) electrons. The lowest BCUT2D eigenvalue weighted by atomic mass is 10.2. The van der Waals surface area contributed by atoms with Crippen molar-refractivity contribution < 1.29 is 9.13 Å². The van der Waals surface area contributed by atoms with Gasteiger partial charge in [-0.15, -0.1) is 0 Å². The Labute approximate surface area is 192 Å². The molecular weight excluding hydrogens is 431 g/mol. The van der Waals surface area contributed by atoms with Gasteiger partial charge in [-0.3, -0.25) is 0 Å². The summed E-state index contributed by atoms with van der Waals surface area (Å²) in [5, 5.41) is 0. The zero-order valence-electron chi connectivity index (χ0n) is 17.5. The number of thioether (sulfide) groups is 1. The standard InChI is InChI=1S/C16H20N4OS.C7H7FS/c1-22-11-14-10-15(20-6-8-21-9-7-20)19-16(18-14)12-2-4-13(17)5-3-12;8-7-3-1-6(5-9)2-4-7/h2-5,10H,6-9,11,17H2,1H3;1-4,9H,5H2. The molecule has 1 saturated heterocycles. The highest BCUT2D eigenvalue weighted by atomic mass is 32.2. The smallest absolute Gasteiger partial charge is 0.161 e. The molecule has 2 heterocycles. The van der Waals surface area contributed by atoms with E-state index in [0.29, 0.717) is 5.75 Å². The number of aromatic nitrogens is 2. The van der Waals surface area contributed by atoms with Gasteiger partial charge in [-0.25, -0.2) is 14.4 Å². The summed E-state index contributed by atoms with van der Waals surface area (Å²) in [5.41, 5.74) is 9.60. The molecule has 164 valence electrons. The molecule has 5 nitrogen and oxygen atoms in total. The molecular formula is C23H27FN4OS2. The summed E-state index contributed by atoms with van der Waals surface area (Å²) in [7, 11) is 0. The van der Waals surface area contributed by atoms with E-state index < -0.39 is 0 Å². The van der Waals surface area contributed by atoms with Crippen LogP contribution in [0.3, 0.4) is 0 Å². The summed E-state index contributed by atoms with van der Waals surface area (Å²) >= 11 is 5.78. The van der Waals surface area contributed by atoms with Crippen molar-refractivity contribution in [1.82, 2.24) is 9.97 Å². The number of hydrogen-bond donors (Lipinski definition) is 2. The van der Waals surface area contributed by atoms with Gasteiger partial charge in [0.15, 0.2) is 5.82 Å². The Hall–Kier alpha value is -2.29. The Kier molecular flexibility index (Phi) is 8.99. The van der Waals surface area contributed by atoms with E-state index in [1.807, 2.05) is 24.3 Å². The molecule has 1 aliphatic rings. The number of ether oxygens (including phenoxy) is 1. The van der Waals surface area contributed by atoms with E-state index in [-0.39, 0.29) is 5.82 Å². The van der Waals surface area contributed by atoms with E-state index in [1.54, 1.807) is 23.9 Å². The number of nitrogens with zero attached hydrogens (tertiary/aromatic N) is 3. The molecule has 1 aliphatic heterocycles. The van der Waals surface area contributed by atoms with Crippen LogP contribution in [0.5, 0.6) is 0 Å². The number of anilines is 2. The van der Waals surface area contributed by atoms with Gasteiger partial charge in [-0.05, 0) is 48.2 Å². The maximum absolute atomic E-state index is 12.2. The average Bonchev–Trinajstić information content (AvgIpc) is 2.81. The highest BCUT2D eigenvalue weighted by Gasteiger charge is 2.15. The minimum absolute atomic E-state index is 0.194. The van der Waals surface area contributed by atoms with Gasteiger partial charge in [0, 0.05) is 41.9 Å². The van der Waals surface area contributed by atoms with Crippen molar-refractivity contribution in [3.05, 3.63) is 71.7 Å². The minimum atomic E-state index is -0.194. The van der Waals surface area contributed by atoms with Gasteiger partial charge in [0.25, 0.3) is 0 Å². The molecule has 0 amide bonds. The summed E-state index contributed by atoms with van der Waals surface area (Å²) < 4.78 is 17.6. The highest BCUT2D eigenvalue weighted by Crippen LogP contribution is 2.23. The van der Waals surface area contributed by atoms with Crippen molar-refractivity contribution in [2.24, 2.45) is 0 Å². The molecule has 1 fully saturated rings. The van der Waals surface area contributed by atoms with Crippen molar-refractivity contribution in [2.75, 3.05) is 43.2 Å². The van der Waals surface area contributed by atoms with Crippen molar-refractivity contribution in [1.29, 1.82) is 0 Å². The second-order valence-corrected chi connectivity index (χ2v) is 8.16. The third-order valence-corrected chi connectivity index (χ3v) is 5.61. The first kappa shape index (κ1) is 23.4. The summed E-state index contributed by atoms with van der Waals surface area (Å²) in [6.07, 6.45) is 2.08. The fraction of sp³-hybridized carbons (Fsp3) is 0.304. The van der Waals surface area contributed by atoms with Crippen LogP contribution >= 0.6 is 24.4 Å². The molecule has 31 heavy (non-hydrogen) atoms. The topological polar surface area (TPSA) is 64.3 Å². The van der Waals surface area contributed by atoms with Gasteiger partial charge < -0.3 is 15.4 Å². The van der Waals surface area contributed by atoms with Gasteiger partial charge >= 0.3 is 0 Å². The zero-order valence-corrected chi connectivity index (χ0v) is 19.2. The average molecular weight is 459 g/mol. The summed E-state index contributed by atoms with van der Waals surface area (Å²) in [6, 6.07) is 16.1. The summed E-state index contributed by atoms with van der Waals surface area (Å²) in [4.78, 5) is 11.7. The van der Waals surface area contributed by atoms with E-state index in [2.05, 4.69) is 34.8 Å². The van der Waals surface area contributed by atoms with E-state index in [4.69, 9.17) is 15.5 Å². The number of thiol groups is 1. The fourth-order valence-electron chi connectivity index (χ4n) is 3.01. The summed E-state index contributed by atoms with van der Waals surface area (Å²) in [6.45, 7) is 3.24. The maximum atomic E-state index is 12.2. The largest absolute Gasteiger partial charge is 0.399 e. The molecule has 4 rings (SSSR count). The number of hydrogen-bond acceptors (Lipinski definition) is 7. The van der Waals surface area contributed by atoms with Crippen LogP contribution in [0.4, 0.5) is 15.9 Å². The quantitative estimate of drug-likeness (QED) is 0.428. The molecule has 0 spiro atoms. The van der Waals surface area contributed by atoms with Crippen LogP contribution in [0.1, 0.15) is 11.3 Å². The first-order valence-electron chi connectivity index (χ1n) is 10.00. The third-order valence-electron chi connectivity index (χ3n) is 4.66. The van der Waals surface area contributed by atoms with Crippen LogP contribution in [0, 0.1) is 5.82 Å².